The first-order valence-electron chi connectivity index (χ1n) is 6.15. The fourth-order valence-corrected chi connectivity index (χ4v) is 1.64. The quantitative estimate of drug-likeness (QED) is 0.782. The van der Waals surface area contributed by atoms with E-state index in [1.54, 1.807) is 9.36 Å². The van der Waals surface area contributed by atoms with Crippen LogP contribution in [-0.2, 0) is 13.1 Å². The molecule has 2 rings (SSSR count). The van der Waals surface area contributed by atoms with Crippen LogP contribution in [0.25, 0.3) is 0 Å². The van der Waals surface area contributed by atoms with Gasteiger partial charge >= 0.3 is 0 Å². The number of hydrogen-bond acceptors (Lipinski definition) is 6. The molecule has 2 N–H and O–H groups in total. The summed E-state index contributed by atoms with van der Waals surface area (Å²) in [5.74, 6) is 0.776. The summed E-state index contributed by atoms with van der Waals surface area (Å²) in [6.07, 6.45) is 3.67. The van der Waals surface area contributed by atoms with Gasteiger partial charge in [0, 0.05) is 6.54 Å². The summed E-state index contributed by atoms with van der Waals surface area (Å²) < 4.78 is 3.49. The Labute approximate surface area is 105 Å². The van der Waals surface area contributed by atoms with Crippen LogP contribution in [0.2, 0.25) is 0 Å². The minimum Gasteiger partial charge on any atom is -0.323 e. The Kier molecular flexibility index (Phi) is 3.98. The predicted molar refractivity (Wildman–Crippen MR) is 64.5 cm³/mol. The molecule has 0 fully saturated rings. The molecule has 2 aromatic rings. The molecular weight excluding hydrogens is 232 g/mol. The lowest BCUT2D eigenvalue weighted by atomic mass is 10.2. The van der Waals surface area contributed by atoms with Crippen molar-refractivity contribution in [1.82, 2.24) is 35.2 Å². The Morgan fingerprint density at radius 2 is 2.11 bits per heavy atom. The number of nitrogens with two attached hydrogens (primary N) is 1. The van der Waals surface area contributed by atoms with E-state index >= 15 is 0 Å². The average Bonchev–Trinajstić information content (AvgIpc) is 3.00. The van der Waals surface area contributed by atoms with Crippen LogP contribution in [0, 0.1) is 0 Å². The smallest absolute Gasteiger partial charge is 0.172 e. The molecule has 8 nitrogen and oxygen atoms in total. The third kappa shape index (κ3) is 2.70. The Hall–Kier alpha value is -1.83. The second-order valence-electron chi connectivity index (χ2n) is 4.17. The van der Waals surface area contributed by atoms with E-state index in [1.165, 1.54) is 0 Å². The molecule has 0 aliphatic heterocycles. The molecule has 0 aliphatic rings. The summed E-state index contributed by atoms with van der Waals surface area (Å²) in [5, 5.41) is 19.7. The number of nitrogens with zero attached hydrogens (tertiary/aromatic N) is 7. The van der Waals surface area contributed by atoms with E-state index in [1.807, 2.05) is 13.1 Å². The molecule has 98 valence electrons. The molecular formula is C10H18N8. The molecule has 0 bridgehead atoms. The van der Waals surface area contributed by atoms with Gasteiger partial charge in [-0.2, -0.15) is 0 Å². The zero-order valence-corrected chi connectivity index (χ0v) is 10.7. The maximum atomic E-state index is 5.90. The van der Waals surface area contributed by atoms with E-state index in [4.69, 9.17) is 5.73 Å². The van der Waals surface area contributed by atoms with E-state index in [2.05, 4.69) is 32.8 Å². The molecule has 18 heavy (non-hydrogen) atoms. The second kappa shape index (κ2) is 5.67. The van der Waals surface area contributed by atoms with Crippen molar-refractivity contribution in [3.63, 3.8) is 0 Å². The maximum absolute atomic E-state index is 5.90. The van der Waals surface area contributed by atoms with Crippen molar-refractivity contribution in [2.24, 2.45) is 5.73 Å². The fraction of sp³-hybridized carbons (Fsp3) is 0.700. The summed E-state index contributed by atoms with van der Waals surface area (Å²) in [5.41, 5.74) is 6.70. The number of hydrogen-bond donors (Lipinski definition) is 1. The summed E-state index contributed by atoms with van der Waals surface area (Å²) in [6.45, 7) is 5.42. The molecule has 1 atom stereocenters. The SMILES string of the molecule is CCCn1nnnc1Cn1cc(C(N)CC)nn1. The first-order valence-corrected chi connectivity index (χ1v) is 6.15. The van der Waals surface area contributed by atoms with Crippen LogP contribution in [0.1, 0.15) is 44.2 Å². The monoisotopic (exact) mass is 250 g/mol. The molecule has 2 heterocycles. The summed E-state index contributed by atoms with van der Waals surface area (Å²) in [4.78, 5) is 0. The van der Waals surface area contributed by atoms with Crippen molar-refractivity contribution in [2.75, 3.05) is 0 Å². The highest BCUT2D eigenvalue weighted by molar-refractivity contribution is 5.00. The van der Waals surface area contributed by atoms with Gasteiger partial charge in [-0.3, -0.25) is 0 Å². The van der Waals surface area contributed by atoms with Gasteiger partial charge in [0.15, 0.2) is 5.82 Å². The minimum atomic E-state index is -0.0645. The van der Waals surface area contributed by atoms with Crippen LogP contribution in [0.5, 0.6) is 0 Å². The standard InChI is InChI=1S/C10H18N8/c1-3-5-18-10(13-14-16-18)7-17-6-9(12-15-17)8(11)4-2/h6,8H,3-5,7,11H2,1-2H3. The molecule has 0 radical (unpaired) electrons. The Balaban J connectivity index is 2.09. The van der Waals surface area contributed by atoms with Crippen LogP contribution in [0.3, 0.4) is 0 Å². The van der Waals surface area contributed by atoms with E-state index in [9.17, 15) is 0 Å². The highest BCUT2D eigenvalue weighted by atomic mass is 15.6. The van der Waals surface area contributed by atoms with Gasteiger partial charge in [0.2, 0.25) is 0 Å². The van der Waals surface area contributed by atoms with Crippen molar-refractivity contribution in [2.45, 2.75) is 45.8 Å². The molecule has 0 aromatic carbocycles. The van der Waals surface area contributed by atoms with Crippen LogP contribution < -0.4 is 5.73 Å². The van der Waals surface area contributed by atoms with Gasteiger partial charge in [-0.1, -0.05) is 19.1 Å². The zero-order valence-electron chi connectivity index (χ0n) is 10.7. The number of rotatable bonds is 6. The van der Waals surface area contributed by atoms with Crippen molar-refractivity contribution >= 4 is 0 Å². The molecule has 0 spiro atoms. The number of aromatic nitrogens is 7. The van der Waals surface area contributed by atoms with E-state index in [0.717, 1.165) is 30.9 Å². The van der Waals surface area contributed by atoms with Crippen LogP contribution in [0.4, 0.5) is 0 Å². The fourth-order valence-electron chi connectivity index (χ4n) is 1.64. The Morgan fingerprint density at radius 1 is 1.28 bits per heavy atom. The minimum absolute atomic E-state index is 0.0645. The van der Waals surface area contributed by atoms with Gasteiger partial charge in [-0.25, -0.2) is 9.36 Å². The molecule has 0 saturated carbocycles. The van der Waals surface area contributed by atoms with Gasteiger partial charge in [0.05, 0.1) is 17.9 Å². The van der Waals surface area contributed by atoms with Gasteiger partial charge in [0.25, 0.3) is 0 Å². The molecule has 1 unspecified atom stereocenters. The highest BCUT2D eigenvalue weighted by Crippen LogP contribution is 2.09. The summed E-state index contributed by atoms with van der Waals surface area (Å²) >= 11 is 0. The van der Waals surface area contributed by atoms with E-state index in [0.29, 0.717) is 6.54 Å². The lowest BCUT2D eigenvalue weighted by Crippen LogP contribution is -2.11. The van der Waals surface area contributed by atoms with Gasteiger partial charge in [0.1, 0.15) is 6.54 Å². The molecule has 2 aromatic heterocycles. The first kappa shape index (κ1) is 12.6. The normalized spacial score (nSPS) is 12.8. The lowest BCUT2D eigenvalue weighted by Gasteiger charge is -2.03. The van der Waals surface area contributed by atoms with Crippen LogP contribution >= 0.6 is 0 Å². The summed E-state index contributed by atoms with van der Waals surface area (Å²) in [7, 11) is 0. The van der Waals surface area contributed by atoms with Gasteiger partial charge in [-0.15, -0.1) is 10.2 Å². The van der Waals surface area contributed by atoms with Gasteiger partial charge in [-0.05, 0) is 23.3 Å². The van der Waals surface area contributed by atoms with E-state index < -0.39 is 0 Å². The molecule has 0 saturated heterocycles. The Morgan fingerprint density at radius 3 is 2.83 bits per heavy atom. The third-order valence-electron chi connectivity index (χ3n) is 2.72. The second-order valence-corrected chi connectivity index (χ2v) is 4.17. The average molecular weight is 250 g/mol. The Bertz CT molecular complexity index is 488. The van der Waals surface area contributed by atoms with Crippen molar-refractivity contribution in [1.29, 1.82) is 0 Å². The molecule has 0 amide bonds. The third-order valence-corrected chi connectivity index (χ3v) is 2.72. The number of tetrazole rings is 1. The topological polar surface area (TPSA) is 100 Å². The van der Waals surface area contributed by atoms with Crippen molar-refractivity contribution in [3.05, 3.63) is 17.7 Å². The molecule has 8 heteroatoms. The zero-order chi connectivity index (χ0) is 13.0. The summed E-state index contributed by atoms with van der Waals surface area (Å²) in [6, 6.07) is -0.0645. The predicted octanol–water partition coefficient (Wildman–Crippen LogP) is 0.133. The maximum Gasteiger partial charge on any atom is 0.172 e. The highest BCUT2D eigenvalue weighted by Gasteiger charge is 2.11. The van der Waals surface area contributed by atoms with E-state index in [-0.39, 0.29) is 6.04 Å². The van der Waals surface area contributed by atoms with Crippen molar-refractivity contribution in [3.8, 4) is 0 Å². The first-order chi connectivity index (χ1) is 8.74. The largest absolute Gasteiger partial charge is 0.323 e. The van der Waals surface area contributed by atoms with Crippen LogP contribution in [0.15, 0.2) is 6.20 Å². The van der Waals surface area contributed by atoms with Crippen molar-refractivity contribution < 1.29 is 0 Å². The lowest BCUT2D eigenvalue weighted by molar-refractivity contribution is 0.526. The number of aryl methyl sites for hydroxylation is 1. The van der Waals surface area contributed by atoms with Crippen LogP contribution in [-0.4, -0.2) is 35.2 Å². The molecule has 0 aliphatic carbocycles. The van der Waals surface area contributed by atoms with Gasteiger partial charge < -0.3 is 5.73 Å².